The zero-order chi connectivity index (χ0) is 11.9. The van der Waals surface area contributed by atoms with Gasteiger partial charge < -0.3 is 4.48 Å². The van der Waals surface area contributed by atoms with Crippen LogP contribution in [0.5, 0.6) is 0 Å². The Hall–Kier alpha value is -0.0400. The van der Waals surface area contributed by atoms with Crippen molar-refractivity contribution in [3.8, 4) is 0 Å². The third-order valence-electron chi connectivity index (χ3n) is 4.69. The SMILES string of the molecule is CCCCCCC[N+]1(C(C)CC)CCCC1. The van der Waals surface area contributed by atoms with E-state index in [1.807, 2.05) is 0 Å². The molecular weight excluding hydrogens is 194 g/mol. The predicted molar refractivity (Wildman–Crippen MR) is 72.6 cm³/mol. The maximum absolute atomic E-state index is 2.47. The van der Waals surface area contributed by atoms with Crippen molar-refractivity contribution in [2.45, 2.75) is 78.2 Å². The average Bonchev–Trinajstić information content (AvgIpc) is 2.78. The molecule has 0 radical (unpaired) electrons. The van der Waals surface area contributed by atoms with Gasteiger partial charge in [-0.25, -0.2) is 0 Å². The van der Waals surface area contributed by atoms with Crippen molar-refractivity contribution in [1.82, 2.24) is 0 Å². The highest BCUT2D eigenvalue weighted by Gasteiger charge is 2.35. The molecule has 1 heterocycles. The van der Waals surface area contributed by atoms with E-state index in [2.05, 4.69) is 20.8 Å². The largest absolute Gasteiger partial charge is 0.321 e. The van der Waals surface area contributed by atoms with Crippen LogP contribution >= 0.6 is 0 Å². The van der Waals surface area contributed by atoms with Gasteiger partial charge in [0.2, 0.25) is 0 Å². The van der Waals surface area contributed by atoms with Gasteiger partial charge in [0, 0.05) is 12.8 Å². The van der Waals surface area contributed by atoms with Crippen LogP contribution in [-0.2, 0) is 0 Å². The number of likely N-dealkylation sites (tertiary alicyclic amines) is 1. The molecule has 0 bridgehead atoms. The summed E-state index contributed by atoms with van der Waals surface area (Å²) in [4.78, 5) is 0. The lowest BCUT2D eigenvalue weighted by molar-refractivity contribution is -0.939. The minimum absolute atomic E-state index is 0.897. The smallest absolute Gasteiger partial charge is 0.0859 e. The number of hydrogen-bond acceptors (Lipinski definition) is 0. The van der Waals surface area contributed by atoms with E-state index in [-0.39, 0.29) is 0 Å². The summed E-state index contributed by atoms with van der Waals surface area (Å²) in [6.07, 6.45) is 11.5. The molecule has 0 amide bonds. The second kappa shape index (κ2) is 7.32. The molecular formula is C15H32N+. The maximum atomic E-state index is 2.47. The number of unbranched alkanes of at least 4 members (excludes halogenated alkanes) is 4. The van der Waals surface area contributed by atoms with Crippen LogP contribution in [0.2, 0.25) is 0 Å². The minimum atomic E-state index is 0.897. The number of nitrogens with zero attached hydrogens (tertiary/aromatic N) is 1. The van der Waals surface area contributed by atoms with Crippen molar-refractivity contribution < 1.29 is 4.48 Å². The Balaban J connectivity index is 2.28. The van der Waals surface area contributed by atoms with Crippen molar-refractivity contribution in [2.24, 2.45) is 0 Å². The fourth-order valence-electron chi connectivity index (χ4n) is 3.27. The van der Waals surface area contributed by atoms with Gasteiger partial charge in [-0.2, -0.15) is 0 Å². The maximum Gasteiger partial charge on any atom is 0.0859 e. The Morgan fingerprint density at radius 1 is 0.938 bits per heavy atom. The summed E-state index contributed by atoms with van der Waals surface area (Å²) in [7, 11) is 0. The standard InChI is InChI=1S/C15H32N/c1-4-6-7-8-9-12-16(15(3)5-2)13-10-11-14-16/h15H,4-14H2,1-3H3/q+1. The van der Waals surface area contributed by atoms with E-state index >= 15 is 0 Å². The van der Waals surface area contributed by atoms with Crippen LogP contribution in [0.25, 0.3) is 0 Å². The molecule has 0 saturated carbocycles. The molecule has 0 aromatic rings. The number of hydrogen-bond donors (Lipinski definition) is 0. The molecule has 1 nitrogen and oxygen atoms in total. The third kappa shape index (κ3) is 3.76. The summed E-state index contributed by atoms with van der Waals surface area (Å²) in [5.74, 6) is 0. The summed E-state index contributed by atoms with van der Waals surface area (Å²) in [5.41, 5.74) is 0. The van der Waals surface area contributed by atoms with Gasteiger partial charge in [-0.3, -0.25) is 0 Å². The van der Waals surface area contributed by atoms with E-state index in [0.29, 0.717) is 0 Å². The Kier molecular flexibility index (Phi) is 6.41. The lowest BCUT2D eigenvalue weighted by atomic mass is 10.1. The molecule has 0 spiro atoms. The van der Waals surface area contributed by atoms with Crippen LogP contribution in [0.3, 0.4) is 0 Å². The first-order valence-corrected chi connectivity index (χ1v) is 7.61. The summed E-state index contributed by atoms with van der Waals surface area (Å²) in [6, 6.07) is 0.897. The molecule has 0 N–H and O–H groups in total. The fraction of sp³-hybridized carbons (Fsp3) is 1.00. The molecule has 1 rings (SSSR count). The molecule has 0 aliphatic carbocycles. The van der Waals surface area contributed by atoms with Crippen LogP contribution in [0.15, 0.2) is 0 Å². The van der Waals surface area contributed by atoms with Gasteiger partial charge in [0.1, 0.15) is 0 Å². The van der Waals surface area contributed by atoms with Crippen molar-refractivity contribution in [2.75, 3.05) is 19.6 Å². The van der Waals surface area contributed by atoms with Crippen molar-refractivity contribution in [3.63, 3.8) is 0 Å². The van der Waals surface area contributed by atoms with E-state index in [1.54, 1.807) is 0 Å². The second-order valence-electron chi connectivity index (χ2n) is 5.77. The Labute approximate surface area is 103 Å². The summed E-state index contributed by atoms with van der Waals surface area (Å²) in [6.45, 7) is 11.5. The normalized spacial score (nSPS) is 21.2. The Morgan fingerprint density at radius 2 is 1.56 bits per heavy atom. The molecule has 1 heteroatoms. The van der Waals surface area contributed by atoms with Crippen LogP contribution in [0, 0.1) is 0 Å². The zero-order valence-electron chi connectivity index (χ0n) is 11.8. The Bertz CT molecular complexity index is 170. The molecule has 16 heavy (non-hydrogen) atoms. The van der Waals surface area contributed by atoms with Gasteiger partial charge in [0.15, 0.2) is 0 Å². The van der Waals surface area contributed by atoms with E-state index < -0.39 is 0 Å². The van der Waals surface area contributed by atoms with Gasteiger partial charge in [0.05, 0.1) is 25.7 Å². The Morgan fingerprint density at radius 3 is 2.12 bits per heavy atom. The summed E-state index contributed by atoms with van der Waals surface area (Å²) < 4.78 is 1.45. The topological polar surface area (TPSA) is 0 Å². The van der Waals surface area contributed by atoms with Gasteiger partial charge >= 0.3 is 0 Å². The first-order valence-electron chi connectivity index (χ1n) is 7.61. The molecule has 96 valence electrons. The lowest BCUT2D eigenvalue weighted by Gasteiger charge is -2.40. The van der Waals surface area contributed by atoms with E-state index in [1.165, 1.54) is 75.5 Å². The highest BCUT2D eigenvalue weighted by molar-refractivity contribution is 4.61. The monoisotopic (exact) mass is 226 g/mol. The predicted octanol–water partition coefficient (Wildman–Crippen LogP) is 4.37. The molecule has 1 saturated heterocycles. The number of quaternary nitrogens is 1. The number of rotatable bonds is 8. The van der Waals surface area contributed by atoms with Gasteiger partial charge in [-0.15, -0.1) is 0 Å². The second-order valence-corrected chi connectivity index (χ2v) is 5.77. The first-order chi connectivity index (χ1) is 7.75. The molecule has 0 aromatic carbocycles. The summed E-state index contributed by atoms with van der Waals surface area (Å²) >= 11 is 0. The van der Waals surface area contributed by atoms with E-state index in [9.17, 15) is 0 Å². The quantitative estimate of drug-likeness (QED) is 0.426. The molecule has 1 atom stereocenters. The molecule has 1 unspecified atom stereocenters. The van der Waals surface area contributed by atoms with Crippen molar-refractivity contribution in [3.05, 3.63) is 0 Å². The minimum Gasteiger partial charge on any atom is -0.321 e. The van der Waals surface area contributed by atoms with Crippen LogP contribution < -0.4 is 0 Å². The van der Waals surface area contributed by atoms with E-state index in [0.717, 1.165) is 6.04 Å². The molecule has 1 fully saturated rings. The highest BCUT2D eigenvalue weighted by atomic mass is 15.4. The fourth-order valence-corrected chi connectivity index (χ4v) is 3.27. The van der Waals surface area contributed by atoms with Gasteiger partial charge in [0.25, 0.3) is 0 Å². The first kappa shape index (κ1) is 14.0. The van der Waals surface area contributed by atoms with Crippen LogP contribution in [0.1, 0.15) is 72.1 Å². The van der Waals surface area contributed by atoms with Crippen molar-refractivity contribution in [1.29, 1.82) is 0 Å². The van der Waals surface area contributed by atoms with Crippen LogP contribution in [0.4, 0.5) is 0 Å². The lowest BCUT2D eigenvalue weighted by Crippen LogP contribution is -2.52. The van der Waals surface area contributed by atoms with Gasteiger partial charge in [-0.1, -0.05) is 33.1 Å². The van der Waals surface area contributed by atoms with E-state index in [4.69, 9.17) is 0 Å². The molecule has 0 aromatic heterocycles. The van der Waals surface area contributed by atoms with Gasteiger partial charge in [-0.05, 0) is 26.2 Å². The van der Waals surface area contributed by atoms with Crippen LogP contribution in [-0.4, -0.2) is 30.2 Å². The third-order valence-corrected chi connectivity index (χ3v) is 4.69. The summed E-state index contributed by atoms with van der Waals surface area (Å²) in [5, 5.41) is 0. The highest BCUT2D eigenvalue weighted by Crippen LogP contribution is 2.26. The van der Waals surface area contributed by atoms with Crippen molar-refractivity contribution >= 4 is 0 Å². The molecule has 1 aliphatic rings. The molecule has 1 aliphatic heterocycles. The average molecular weight is 226 g/mol. The zero-order valence-corrected chi connectivity index (χ0v) is 11.8.